The lowest BCUT2D eigenvalue weighted by molar-refractivity contribution is 0.294. The van der Waals surface area contributed by atoms with Crippen LogP contribution < -0.4 is 0 Å². The molecule has 0 aliphatic rings. The van der Waals surface area contributed by atoms with Crippen LogP contribution in [0, 0.1) is 0 Å². The van der Waals surface area contributed by atoms with E-state index in [1.165, 1.54) is 0 Å². The van der Waals surface area contributed by atoms with Crippen molar-refractivity contribution in [2.24, 2.45) is 4.99 Å². The van der Waals surface area contributed by atoms with Crippen LogP contribution in [0.15, 0.2) is 41.4 Å². The maximum Gasteiger partial charge on any atom is 0.191 e. The summed E-state index contributed by atoms with van der Waals surface area (Å²) < 4.78 is 6.19. The van der Waals surface area contributed by atoms with Gasteiger partial charge in [0.15, 0.2) is 8.32 Å². The summed E-state index contributed by atoms with van der Waals surface area (Å²) in [7, 11) is -1.62. The van der Waals surface area contributed by atoms with Crippen molar-refractivity contribution in [3.8, 4) is 0 Å². The predicted molar refractivity (Wildman–Crippen MR) is 115 cm³/mol. The van der Waals surface area contributed by atoms with Crippen LogP contribution in [0.25, 0.3) is 0 Å². The van der Waals surface area contributed by atoms with E-state index < -0.39 is 8.32 Å². The molecule has 0 spiro atoms. The third-order valence-corrected chi connectivity index (χ3v) is 9.56. The Labute approximate surface area is 160 Å². The third-order valence-electron chi connectivity index (χ3n) is 4.77. The molecule has 0 amide bonds. The van der Waals surface area contributed by atoms with Gasteiger partial charge in [0.05, 0.1) is 5.54 Å². The first-order valence-electron chi connectivity index (χ1n) is 9.03. The molecule has 0 heterocycles. The maximum atomic E-state index is 6.19. The molecule has 0 fully saturated rings. The molecule has 0 bridgehead atoms. The van der Waals surface area contributed by atoms with Crippen LogP contribution in [0.1, 0.15) is 53.0 Å². The summed E-state index contributed by atoms with van der Waals surface area (Å²) in [5, 5.41) is 1.02. The van der Waals surface area contributed by atoms with Crippen molar-refractivity contribution < 1.29 is 4.43 Å². The molecular weight excluding hydrogens is 346 g/mol. The second-order valence-corrected chi connectivity index (χ2v) is 13.9. The Morgan fingerprint density at radius 1 is 1.04 bits per heavy atom. The molecule has 140 valence electrons. The van der Waals surface area contributed by atoms with Gasteiger partial charge < -0.3 is 4.43 Å². The average molecular weight is 380 g/mol. The van der Waals surface area contributed by atoms with Gasteiger partial charge in [0.1, 0.15) is 0 Å². The maximum absolute atomic E-state index is 6.19. The van der Waals surface area contributed by atoms with Crippen LogP contribution in [0.5, 0.6) is 0 Å². The van der Waals surface area contributed by atoms with Gasteiger partial charge in [-0.05, 0) is 62.5 Å². The van der Waals surface area contributed by atoms with E-state index in [-0.39, 0.29) is 10.6 Å². The summed E-state index contributed by atoms with van der Waals surface area (Å²) >= 11 is 5.90. The van der Waals surface area contributed by atoms with E-state index in [9.17, 15) is 0 Å². The SMILES string of the molecule is CC(C)(C/C=C\CCO[Si](C)(C)C(C)(C)C)N=Cc1ccc(Cl)cc1. The smallest absolute Gasteiger partial charge is 0.191 e. The number of halogens is 1. The predicted octanol–water partition coefficient (Wildman–Crippen LogP) is 6.90. The van der Waals surface area contributed by atoms with Crippen LogP contribution >= 0.6 is 11.6 Å². The first kappa shape index (κ1) is 22.1. The number of aliphatic imine (C=N–C) groups is 1. The van der Waals surface area contributed by atoms with Crippen molar-refractivity contribution in [2.75, 3.05) is 6.61 Å². The van der Waals surface area contributed by atoms with Crippen LogP contribution in [-0.4, -0.2) is 26.7 Å². The van der Waals surface area contributed by atoms with Crippen molar-refractivity contribution in [3.05, 3.63) is 47.0 Å². The first-order valence-corrected chi connectivity index (χ1v) is 12.3. The van der Waals surface area contributed by atoms with Crippen molar-refractivity contribution >= 4 is 26.1 Å². The van der Waals surface area contributed by atoms with Gasteiger partial charge in [-0.25, -0.2) is 0 Å². The molecule has 0 unspecified atom stereocenters. The fraction of sp³-hybridized carbons (Fsp3) is 0.571. The molecule has 25 heavy (non-hydrogen) atoms. The van der Waals surface area contributed by atoms with E-state index in [0.29, 0.717) is 0 Å². The lowest BCUT2D eigenvalue weighted by atomic mass is 10.0. The summed E-state index contributed by atoms with van der Waals surface area (Å²) in [5.74, 6) is 0. The van der Waals surface area contributed by atoms with Crippen molar-refractivity contribution in [2.45, 2.75) is 71.1 Å². The molecule has 0 aliphatic carbocycles. The second kappa shape index (κ2) is 9.16. The molecule has 0 radical (unpaired) electrons. The van der Waals surface area contributed by atoms with E-state index in [0.717, 1.165) is 30.0 Å². The number of hydrogen-bond donors (Lipinski definition) is 0. The molecular formula is C21H34ClNOSi. The van der Waals surface area contributed by atoms with Crippen molar-refractivity contribution in [1.29, 1.82) is 0 Å². The van der Waals surface area contributed by atoms with Gasteiger partial charge in [0.25, 0.3) is 0 Å². The second-order valence-electron chi connectivity index (χ2n) is 8.70. The highest BCUT2D eigenvalue weighted by atomic mass is 35.5. The van der Waals surface area contributed by atoms with E-state index in [1.807, 2.05) is 30.5 Å². The minimum Gasteiger partial charge on any atom is -0.417 e. The number of benzene rings is 1. The Bertz CT molecular complexity index is 583. The summed E-state index contributed by atoms with van der Waals surface area (Å²) in [5.41, 5.74) is 0.959. The highest BCUT2D eigenvalue weighted by Crippen LogP contribution is 2.36. The quantitative estimate of drug-likeness (QED) is 0.208. The monoisotopic (exact) mass is 379 g/mol. The lowest BCUT2D eigenvalue weighted by Crippen LogP contribution is -2.40. The Morgan fingerprint density at radius 3 is 2.20 bits per heavy atom. The molecule has 1 rings (SSSR count). The van der Waals surface area contributed by atoms with Crippen LogP contribution in [-0.2, 0) is 4.43 Å². The van der Waals surface area contributed by atoms with Gasteiger partial charge in [-0.15, -0.1) is 0 Å². The molecule has 0 saturated carbocycles. The summed E-state index contributed by atoms with van der Waals surface area (Å²) in [6.45, 7) is 16.5. The average Bonchev–Trinajstić information content (AvgIpc) is 2.49. The van der Waals surface area contributed by atoms with Crippen LogP contribution in [0.2, 0.25) is 23.2 Å². The minimum atomic E-state index is -1.62. The molecule has 0 aliphatic heterocycles. The molecule has 0 N–H and O–H groups in total. The minimum absolute atomic E-state index is 0.115. The molecule has 1 aromatic carbocycles. The topological polar surface area (TPSA) is 21.6 Å². The molecule has 0 aromatic heterocycles. The normalized spacial score (nSPS) is 13.9. The Hall–Kier alpha value is -0.903. The molecule has 0 atom stereocenters. The van der Waals surface area contributed by atoms with E-state index in [4.69, 9.17) is 21.0 Å². The Morgan fingerprint density at radius 2 is 1.64 bits per heavy atom. The van der Waals surface area contributed by atoms with Gasteiger partial charge >= 0.3 is 0 Å². The highest BCUT2D eigenvalue weighted by Gasteiger charge is 2.36. The van der Waals surface area contributed by atoms with E-state index in [2.05, 4.69) is 59.9 Å². The molecule has 0 saturated heterocycles. The summed E-state index contributed by atoms with van der Waals surface area (Å²) in [6, 6.07) is 7.74. The van der Waals surface area contributed by atoms with Gasteiger partial charge in [0.2, 0.25) is 0 Å². The fourth-order valence-electron chi connectivity index (χ4n) is 1.94. The Kier molecular flexibility index (Phi) is 8.11. The summed E-state index contributed by atoms with van der Waals surface area (Å²) in [6.07, 6.45) is 8.23. The fourth-order valence-corrected chi connectivity index (χ4v) is 3.13. The largest absolute Gasteiger partial charge is 0.417 e. The first-order chi connectivity index (χ1) is 11.4. The number of nitrogens with zero attached hydrogens (tertiary/aromatic N) is 1. The molecule has 1 aromatic rings. The molecule has 2 nitrogen and oxygen atoms in total. The van der Waals surface area contributed by atoms with Gasteiger partial charge in [-0.2, -0.15) is 0 Å². The van der Waals surface area contributed by atoms with Crippen LogP contribution in [0.4, 0.5) is 0 Å². The van der Waals surface area contributed by atoms with Gasteiger partial charge in [-0.1, -0.05) is 56.7 Å². The lowest BCUT2D eigenvalue weighted by Gasteiger charge is -2.36. The standard InChI is InChI=1S/C21H34ClNOSi/c1-20(2,3)25(6,7)24-16-10-8-9-15-21(4,5)23-17-18-11-13-19(22)14-12-18/h8-9,11-14,17H,10,15-16H2,1-7H3/b9-8-,23-17?. The van der Waals surface area contributed by atoms with Crippen molar-refractivity contribution in [3.63, 3.8) is 0 Å². The van der Waals surface area contributed by atoms with E-state index in [1.54, 1.807) is 0 Å². The third kappa shape index (κ3) is 8.35. The zero-order valence-corrected chi connectivity index (χ0v) is 18.7. The number of hydrogen-bond acceptors (Lipinski definition) is 2. The van der Waals surface area contributed by atoms with Crippen molar-refractivity contribution in [1.82, 2.24) is 0 Å². The van der Waals surface area contributed by atoms with E-state index >= 15 is 0 Å². The molecule has 4 heteroatoms. The number of rotatable bonds is 8. The zero-order valence-electron chi connectivity index (χ0n) is 16.9. The van der Waals surface area contributed by atoms with Gasteiger partial charge in [-0.3, -0.25) is 4.99 Å². The Balaban J connectivity index is 2.40. The zero-order chi connectivity index (χ0) is 19.1. The highest BCUT2D eigenvalue weighted by molar-refractivity contribution is 6.74. The van der Waals surface area contributed by atoms with Crippen LogP contribution in [0.3, 0.4) is 0 Å². The summed E-state index contributed by atoms with van der Waals surface area (Å²) in [4.78, 5) is 4.70. The van der Waals surface area contributed by atoms with Gasteiger partial charge in [0, 0.05) is 17.8 Å².